The van der Waals surface area contributed by atoms with Gasteiger partial charge >= 0.3 is 0 Å². The van der Waals surface area contributed by atoms with Crippen molar-refractivity contribution in [3.8, 4) is 0 Å². The van der Waals surface area contributed by atoms with Gasteiger partial charge in [0.1, 0.15) is 0 Å². The first-order valence-corrected chi connectivity index (χ1v) is 22.9. The van der Waals surface area contributed by atoms with Crippen molar-refractivity contribution in [1.29, 1.82) is 0 Å². The summed E-state index contributed by atoms with van der Waals surface area (Å²) >= 11 is 0. The van der Waals surface area contributed by atoms with Crippen LogP contribution in [0.5, 0.6) is 0 Å². The van der Waals surface area contributed by atoms with E-state index in [1.54, 1.807) is 72.8 Å². The second-order valence-electron chi connectivity index (χ2n) is 14.7. The molecule has 0 aliphatic carbocycles. The molecule has 0 unspecified atom stereocenters. The third-order valence-electron chi connectivity index (χ3n) is 10.1. The summed E-state index contributed by atoms with van der Waals surface area (Å²) in [5.41, 5.74) is 6.89. The van der Waals surface area contributed by atoms with Crippen LogP contribution in [0.25, 0.3) is 0 Å². The quantitative estimate of drug-likeness (QED) is 0.168. The molecule has 6 aromatic rings. The van der Waals surface area contributed by atoms with Crippen molar-refractivity contribution in [3.63, 3.8) is 0 Å². The second kappa shape index (κ2) is 16.5. The Bertz CT molecular complexity index is 2350. The molecular weight excluding hydrogens is 775 g/mol. The number of hydrogen-bond donors (Lipinski definition) is 0. The normalized spacial score (nSPS) is 15.4. The van der Waals surface area contributed by atoms with Crippen LogP contribution in [0, 0.1) is 20.8 Å². The molecular formula is C45H45N3O6S3. The van der Waals surface area contributed by atoms with E-state index in [9.17, 15) is 25.3 Å². The van der Waals surface area contributed by atoms with Crippen LogP contribution in [0.4, 0.5) is 0 Å². The van der Waals surface area contributed by atoms with Gasteiger partial charge in [0.2, 0.25) is 30.1 Å². The van der Waals surface area contributed by atoms with Crippen molar-refractivity contribution in [1.82, 2.24) is 12.9 Å². The Morgan fingerprint density at radius 1 is 0.316 bits per heavy atom. The number of sulfonamides is 3. The molecule has 1 aliphatic rings. The number of rotatable bonds is 6. The Hall–Kier alpha value is -4.95. The molecule has 6 aromatic carbocycles. The van der Waals surface area contributed by atoms with Crippen molar-refractivity contribution in [3.05, 3.63) is 196 Å². The average molecular weight is 820 g/mol. The van der Waals surface area contributed by atoms with Gasteiger partial charge in [-0.3, -0.25) is 0 Å². The van der Waals surface area contributed by atoms with E-state index in [-0.39, 0.29) is 54.0 Å². The molecule has 57 heavy (non-hydrogen) atoms. The molecule has 0 saturated heterocycles. The summed E-state index contributed by atoms with van der Waals surface area (Å²) in [5.74, 6) is 0. The highest BCUT2D eigenvalue weighted by Crippen LogP contribution is 2.28. The van der Waals surface area contributed by atoms with Crippen molar-refractivity contribution >= 4 is 30.1 Å². The molecule has 6 bridgehead atoms. The van der Waals surface area contributed by atoms with Crippen LogP contribution in [-0.2, 0) is 69.3 Å². The average Bonchev–Trinajstić information content (AvgIpc) is 3.18. The fraction of sp³-hybridized carbons (Fsp3) is 0.200. The topological polar surface area (TPSA) is 112 Å². The highest BCUT2D eigenvalue weighted by Gasteiger charge is 2.29. The molecule has 7 rings (SSSR count). The molecule has 1 aliphatic heterocycles. The van der Waals surface area contributed by atoms with Crippen molar-refractivity contribution in [2.45, 2.75) is 74.7 Å². The first-order chi connectivity index (χ1) is 27.2. The predicted octanol–water partition coefficient (Wildman–Crippen LogP) is 8.10. The van der Waals surface area contributed by atoms with Crippen LogP contribution in [0.1, 0.15) is 50.1 Å². The van der Waals surface area contributed by atoms with Gasteiger partial charge in [-0.25, -0.2) is 25.3 Å². The molecule has 0 saturated carbocycles. The van der Waals surface area contributed by atoms with Crippen molar-refractivity contribution < 1.29 is 25.3 Å². The summed E-state index contributed by atoms with van der Waals surface area (Å²) in [6.07, 6.45) is 0. The number of hydrogen-bond acceptors (Lipinski definition) is 6. The van der Waals surface area contributed by atoms with Crippen LogP contribution in [0.15, 0.2) is 160 Å². The van der Waals surface area contributed by atoms with Gasteiger partial charge in [-0.15, -0.1) is 0 Å². The van der Waals surface area contributed by atoms with E-state index in [4.69, 9.17) is 0 Å². The Morgan fingerprint density at radius 2 is 0.509 bits per heavy atom. The Labute approximate surface area is 337 Å². The van der Waals surface area contributed by atoms with Gasteiger partial charge in [0.05, 0.1) is 14.7 Å². The van der Waals surface area contributed by atoms with Crippen molar-refractivity contribution in [2.75, 3.05) is 0 Å². The molecule has 0 amide bonds. The van der Waals surface area contributed by atoms with Crippen LogP contribution >= 0.6 is 0 Å². The minimum absolute atomic E-state index is 0.00889. The van der Waals surface area contributed by atoms with E-state index in [2.05, 4.69) is 0 Å². The number of aryl methyl sites for hydroxylation is 3. The first-order valence-electron chi connectivity index (χ1n) is 18.6. The second-order valence-corrected chi connectivity index (χ2v) is 20.5. The van der Waals surface area contributed by atoms with Crippen molar-refractivity contribution in [2.24, 2.45) is 0 Å². The van der Waals surface area contributed by atoms with Gasteiger partial charge in [0.25, 0.3) is 0 Å². The smallest absolute Gasteiger partial charge is 0.207 e. The summed E-state index contributed by atoms with van der Waals surface area (Å²) in [6.45, 7) is 5.74. The maximum Gasteiger partial charge on any atom is 0.243 e. The molecule has 9 nitrogen and oxygen atoms in total. The summed E-state index contributed by atoms with van der Waals surface area (Å²) in [5, 5.41) is 0. The number of nitrogens with zero attached hydrogens (tertiary/aromatic N) is 3. The zero-order valence-electron chi connectivity index (χ0n) is 32.1. The molecule has 294 valence electrons. The highest BCUT2D eigenvalue weighted by atomic mass is 32.2. The van der Waals surface area contributed by atoms with Gasteiger partial charge in [-0.05, 0) is 90.6 Å². The molecule has 12 heteroatoms. The van der Waals surface area contributed by atoms with E-state index < -0.39 is 30.1 Å². The number of benzene rings is 6. The lowest BCUT2D eigenvalue weighted by atomic mass is 10.1. The van der Waals surface area contributed by atoms with E-state index in [0.717, 1.165) is 16.7 Å². The lowest BCUT2D eigenvalue weighted by Gasteiger charge is -2.26. The van der Waals surface area contributed by atoms with Crippen LogP contribution in [-0.4, -0.2) is 38.2 Å². The highest BCUT2D eigenvalue weighted by molar-refractivity contribution is 7.89. The van der Waals surface area contributed by atoms with Gasteiger partial charge in [-0.2, -0.15) is 12.9 Å². The Morgan fingerprint density at radius 3 is 0.702 bits per heavy atom. The predicted molar refractivity (Wildman–Crippen MR) is 222 cm³/mol. The fourth-order valence-corrected chi connectivity index (χ4v) is 11.2. The lowest BCUT2D eigenvalue weighted by Crippen LogP contribution is -2.32. The SMILES string of the molecule is Cc1ccc(S(=O)(=O)N2Cc3cccc(c3)CN(S(=O)(=O)c3ccc(C)cc3)Cc3cccc(c3)CN(S(=O)(=O)c3ccc(C)cc3)Cc3cccc(c3)C2)cc1. The zero-order valence-corrected chi connectivity index (χ0v) is 34.6. The standard InChI is InChI=1S/C45H45N3O6S3/c1-34-13-19-43(20-14-34)55(49,50)46-28-37-7-4-9-39(25-37)30-47(56(51,52)44-21-15-35(2)16-22-44)32-41-11-6-12-42(27-41)33-48(31-40-10-5-8-38(26-40)29-46)57(53,54)45-23-17-36(3)18-24-45/h4-27H,28-33H2,1-3H3. The van der Waals surface area contributed by atoms with Gasteiger partial charge < -0.3 is 0 Å². The maximum absolute atomic E-state index is 14.4. The molecule has 1 heterocycles. The molecule has 0 atom stereocenters. The monoisotopic (exact) mass is 819 g/mol. The summed E-state index contributed by atoms with van der Waals surface area (Å²) in [4.78, 5) is 0.443. The molecule has 0 aromatic heterocycles. The largest absolute Gasteiger partial charge is 0.243 e. The summed E-state index contributed by atoms with van der Waals surface area (Å²) in [6, 6.07) is 42.2. The van der Waals surface area contributed by atoms with E-state index in [1.165, 1.54) is 12.9 Å². The summed E-state index contributed by atoms with van der Waals surface area (Å²) < 4.78 is 90.5. The lowest BCUT2D eigenvalue weighted by molar-refractivity contribution is 0.391. The van der Waals surface area contributed by atoms with E-state index in [1.807, 2.05) is 93.6 Å². The van der Waals surface area contributed by atoms with E-state index in [0.29, 0.717) is 33.4 Å². The maximum atomic E-state index is 14.4. The molecule has 0 spiro atoms. The van der Waals surface area contributed by atoms with Gasteiger partial charge in [0, 0.05) is 39.3 Å². The molecule has 0 N–H and O–H groups in total. The minimum Gasteiger partial charge on any atom is -0.207 e. The van der Waals surface area contributed by atoms with Gasteiger partial charge in [0.15, 0.2) is 0 Å². The third-order valence-corrected chi connectivity index (χ3v) is 15.5. The Kier molecular flexibility index (Phi) is 11.6. The van der Waals surface area contributed by atoms with Gasteiger partial charge in [-0.1, -0.05) is 126 Å². The van der Waals surface area contributed by atoms with Crippen LogP contribution in [0.3, 0.4) is 0 Å². The molecule has 0 radical (unpaired) electrons. The number of fused-ring (bicyclic) bond motifs is 6. The van der Waals surface area contributed by atoms with E-state index >= 15 is 0 Å². The molecule has 0 fully saturated rings. The van der Waals surface area contributed by atoms with Crippen LogP contribution < -0.4 is 0 Å². The first kappa shape index (κ1) is 40.3. The third kappa shape index (κ3) is 9.28. The zero-order chi connectivity index (χ0) is 40.4. The fourth-order valence-electron chi connectivity index (χ4n) is 6.96. The minimum atomic E-state index is -4.03. The summed E-state index contributed by atoms with van der Waals surface area (Å²) in [7, 11) is -12.1. The van der Waals surface area contributed by atoms with Crippen LogP contribution in [0.2, 0.25) is 0 Å². The Balaban J connectivity index is 1.37.